The van der Waals surface area contributed by atoms with Crippen molar-refractivity contribution in [3.8, 4) is 11.1 Å². The van der Waals surface area contributed by atoms with Crippen molar-refractivity contribution in [2.75, 3.05) is 73.1 Å². The number of amides is 1. The standard InChI is InChI=1S/C32H47NO6/c1-3-4-5-6-7-12-18-35-20-22-37-24-25-38-23-21-36-19-17-33(2)32(34)39-26-31-29-15-10-8-13-27(29)28-14-9-11-16-30(28)31/h8-11,13-16,31H,3-7,12,17-26H2,1-2H3. The third kappa shape index (κ3) is 10.9. The number of hydrogen-bond donors (Lipinski definition) is 0. The first-order chi connectivity index (χ1) is 19.2. The first-order valence-electron chi connectivity index (χ1n) is 14.6. The summed E-state index contributed by atoms with van der Waals surface area (Å²) in [6, 6.07) is 16.7. The molecular weight excluding hydrogens is 494 g/mol. The van der Waals surface area contributed by atoms with Crippen molar-refractivity contribution >= 4 is 6.09 Å². The highest BCUT2D eigenvalue weighted by Crippen LogP contribution is 2.44. The Morgan fingerprint density at radius 1 is 0.667 bits per heavy atom. The fraction of sp³-hybridized carbons (Fsp3) is 0.594. The van der Waals surface area contributed by atoms with E-state index in [0.29, 0.717) is 59.4 Å². The second kappa shape index (κ2) is 18.8. The van der Waals surface area contributed by atoms with Gasteiger partial charge in [-0.3, -0.25) is 0 Å². The van der Waals surface area contributed by atoms with Gasteiger partial charge in [-0.15, -0.1) is 0 Å². The van der Waals surface area contributed by atoms with Crippen molar-refractivity contribution in [1.82, 2.24) is 4.90 Å². The Morgan fingerprint density at radius 3 is 1.74 bits per heavy atom. The number of benzene rings is 2. The molecule has 0 saturated heterocycles. The van der Waals surface area contributed by atoms with E-state index in [-0.39, 0.29) is 12.0 Å². The lowest BCUT2D eigenvalue weighted by atomic mass is 9.98. The summed E-state index contributed by atoms with van der Waals surface area (Å²) in [5.74, 6) is 0.0600. The van der Waals surface area contributed by atoms with Gasteiger partial charge in [0.25, 0.3) is 0 Å². The lowest BCUT2D eigenvalue weighted by Gasteiger charge is -2.19. The normalized spacial score (nSPS) is 12.4. The Hall–Kier alpha value is -2.45. The molecule has 1 amide bonds. The van der Waals surface area contributed by atoms with E-state index < -0.39 is 0 Å². The first-order valence-corrected chi connectivity index (χ1v) is 14.6. The highest BCUT2D eigenvalue weighted by atomic mass is 16.6. The van der Waals surface area contributed by atoms with E-state index in [0.717, 1.165) is 13.0 Å². The van der Waals surface area contributed by atoms with Crippen molar-refractivity contribution in [2.24, 2.45) is 0 Å². The summed E-state index contributed by atoms with van der Waals surface area (Å²) in [4.78, 5) is 14.1. The molecule has 0 fully saturated rings. The number of unbranched alkanes of at least 4 members (excludes halogenated alkanes) is 5. The van der Waals surface area contributed by atoms with Crippen LogP contribution in [0, 0.1) is 0 Å². The van der Waals surface area contributed by atoms with Gasteiger partial charge >= 0.3 is 6.09 Å². The fourth-order valence-corrected chi connectivity index (χ4v) is 4.74. The number of carbonyl (C=O) groups is 1. The number of hydrogen-bond acceptors (Lipinski definition) is 6. The van der Waals surface area contributed by atoms with Gasteiger partial charge in [0, 0.05) is 26.1 Å². The number of fused-ring (bicyclic) bond motifs is 3. The quantitative estimate of drug-likeness (QED) is 0.173. The fourth-order valence-electron chi connectivity index (χ4n) is 4.74. The zero-order valence-electron chi connectivity index (χ0n) is 23.9. The van der Waals surface area contributed by atoms with Gasteiger partial charge in [-0.05, 0) is 28.7 Å². The second-order valence-electron chi connectivity index (χ2n) is 9.94. The van der Waals surface area contributed by atoms with E-state index in [1.807, 2.05) is 24.3 Å². The van der Waals surface area contributed by atoms with Gasteiger partial charge in [0.15, 0.2) is 0 Å². The minimum absolute atomic E-state index is 0.0600. The molecule has 0 radical (unpaired) electrons. The largest absolute Gasteiger partial charge is 0.448 e. The number of nitrogens with zero attached hydrogens (tertiary/aromatic N) is 1. The van der Waals surface area contributed by atoms with Crippen LogP contribution < -0.4 is 0 Å². The molecule has 1 aliphatic rings. The van der Waals surface area contributed by atoms with Gasteiger partial charge in [0.1, 0.15) is 6.61 Å². The molecule has 2 aromatic carbocycles. The molecule has 0 bridgehead atoms. The predicted octanol–water partition coefficient (Wildman–Crippen LogP) is 6.29. The molecule has 2 aromatic rings. The van der Waals surface area contributed by atoms with E-state index in [9.17, 15) is 4.79 Å². The van der Waals surface area contributed by atoms with E-state index >= 15 is 0 Å². The molecule has 7 nitrogen and oxygen atoms in total. The molecule has 0 N–H and O–H groups in total. The average molecular weight is 542 g/mol. The van der Waals surface area contributed by atoms with Crippen LogP contribution in [0.4, 0.5) is 4.79 Å². The van der Waals surface area contributed by atoms with Gasteiger partial charge in [0.2, 0.25) is 0 Å². The van der Waals surface area contributed by atoms with Gasteiger partial charge in [0.05, 0.1) is 46.2 Å². The first kappa shape index (κ1) is 31.1. The average Bonchev–Trinajstić information content (AvgIpc) is 3.28. The lowest BCUT2D eigenvalue weighted by Crippen LogP contribution is -2.32. The third-order valence-electron chi connectivity index (χ3n) is 6.98. The topological polar surface area (TPSA) is 66.5 Å². The summed E-state index contributed by atoms with van der Waals surface area (Å²) in [6.07, 6.45) is 7.31. The minimum Gasteiger partial charge on any atom is -0.448 e. The molecule has 216 valence electrons. The van der Waals surface area contributed by atoms with Crippen molar-refractivity contribution in [3.63, 3.8) is 0 Å². The smallest absolute Gasteiger partial charge is 0.409 e. The molecule has 0 aliphatic heterocycles. The van der Waals surface area contributed by atoms with Gasteiger partial charge in [-0.2, -0.15) is 0 Å². The van der Waals surface area contributed by atoms with Crippen LogP contribution in [0.2, 0.25) is 0 Å². The minimum atomic E-state index is -0.343. The Morgan fingerprint density at radius 2 is 1.15 bits per heavy atom. The monoisotopic (exact) mass is 541 g/mol. The summed E-state index contributed by atoms with van der Waals surface area (Å²) in [5, 5.41) is 0. The van der Waals surface area contributed by atoms with Crippen molar-refractivity contribution in [2.45, 2.75) is 51.4 Å². The van der Waals surface area contributed by atoms with Crippen LogP contribution in [0.5, 0.6) is 0 Å². The maximum Gasteiger partial charge on any atom is 0.409 e. The number of rotatable bonds is 21. The molecular formula is C32H47NO6. The number of ether oxygens (including phenoxy) is 5. The van der Waals surface area contributed by atoms with Gasteiger partial charge < -0.3 is 28.6 Å². The molecule has 7 heteroatoms. The summed E-state index contributed by atoms with van der Waals surface area (Å²) in [5.41, 5.74) is 4.86. The molecule has 0 heterocycles. The molecule has 0 unspecified atom stereocenters. The van der Waals surface area contributed by atoms with Crippen LogP contribution in [-0.4, -0.2) is 84.0 Å². The van der Waals surface area contributed by atoms with Crippen LogP contribution in [0.15, 0.2) is 48.5 Å². The van der Waals surface area contributed by atoms with Gasteiger partial charge in [-0.25, -0.2) is 4.79 Å². The molecule has 3 rings (SSSR count). The molecule has 0 aromatic heterocycles. The van der Waals surface area contributed by atoms with E-state index in [4.69, 9.17) is 23.7 Å². The Labute approximate surface area is 234 Å². The molecule has 0 atom stereocenters. The maximum absolute atomic E-state index is 12.5. The zero-order valence-corrected chi connectivity index (χ0v) is 23.9. The summed E-state index contributed by atoms with van der Waals surface area (Å²) < 4.78 is 27.9. The van der Waals surface area contributed by atoms with Crippen LogP contribution in [0.25, 0.3) is 11.1 Å². The highest BCUT2D eigenvalue weighted by molar-refractivity contribution is 5.79. The van der Waals surface area contributed by atoms with Crippen LogP contribution in [0.1, 0.15) is 62.5 Å². The summed E-state index contributed by atoms with van der Waals surface area (Å²) in [7, 11) is 1.73. The summed E-state index contributed by atoms with van der Waals surface area (Å²) in [6.45, 7) is 7.53. The Balaban J connectivity index is 1.14. The third-order valence-corrected chi connectivity index (χ3v) is 6.98. The SMILES string of the molecule is CCCCCCCCOCCOCCOCCOCCN(C)C(=O)OCC1c2ccccc2-c2ccccc21. The second-order valence-corrected chi connectivity index (χ2v) is 9.94. The number of likely N-dealkylation sites (N-methyl/N-ethyl adjacent to an activating group) is 1. The lowest BCUT2D eigenvalue weighted by molar-refractivity contribution is -0.00376. The van der Waals surface area contributed by atoms with Crippen molar-refractivity contribution < 1.29 is 28.5 Å². The molecule has 39 heavy (non-hydrogen) atoms. The van der Waals surface area contributed by atoms with Crippen LogP contribution >= 0.6 is 0 Å². The van der Waals surface area contributed by atoms with Crippen LogP contribution in [-0.2, 0) is 23.7 Å². The van der Waals surface area contributed by atoms with Gasteiger partial charge in [-0.1, -0.05) is 87.6 Å². The van der Waals surface area contributed by atoms with Crippen molar-refractivity contribution in [1.29, 1.82) is 0 Å². The Bertz CT molecular complexity index is 906. The summed E-state index contributed by atoms with van der Waals surface area (Å²) >= 11 is 0. The van der Waals surface area contributed by atoms with E-state index in [2.05, 4.69) is 31.2 Å². The maximum atomic E-state index is 12.5. The molecule has 0 saturated carbocycles. The highest BCUT2D eigenvalue weighted by Gasteiger charge is 2.29. The predicted molar refractivity (Wildman–Crippen MR) is 154 cm³/mol. The molecule has 0 spiro atoms. The number of carbonyl (C=O) groups excluding carboxylic acids is 1. The van der Waals surface area contributed by atoms with E-state index in [1.54, 1.807) is 11.9 Å². The van der Waals surface area contributed by atoms with Crippen LogP contribution in [0.3, 0.4) is 0 Å². The van der Waals surface area contributed by atoms with Crippen molar-refractivity contribution in [3.05, 3.63) is 59.7 Å². The van der Waals surface area contributed by atoms with E-state index in [1.165, 1.54) is 54.4 Å². The zero-order chi connectivity index (χ0) is 27.5. The Kier molecular flexibility index (Phi) is 15.0. The molecule has 1 aliphatic carbocycles.